The summed E-state index contributed by atoms with van der Waals surface area (Å²) in [4.78, 5) is 41.3. The van der Waals surface area contributed by atoms with E-state index in [2.05, 4.69) is 20.9 Å². The molecule has 0 radical (unpaired) electrons. The molecule has 2 amide bonds. The molecule has 4 aromatic rings. The minimum absolute atomic E-state index is 0.0180. The normalized spacial score (nSPS) is 12.2. The summed E-state index contributed by atoms with van der Waals surface area (Å²) in [6.07, 6.45) is 3.62. The number of unbranched alkanes of at least 4 members (excludes halogenated alkanes) is 1. The lowest BCUT2D eigenvalue weighted by atomic mass is 10.1. The van der Waals surface area contributed by atoms with Crippen molar-refractivity contribution in [3.8, 4) is 11.3 Å². The molecule has 2 aromatic heterocycles. The zero-order valence-corrected chi connectivity index (χ0v) is 23.8. The molecule has 3 N–H and O–H groups in total. The number of hydrogen-bond acceptors (Lipinski definition) is 7. The fourth-order valence-corrected chi connectivity index (χ4v) is 4.51. The SMILES string of the molecule is C[C@H](CCCCNC(=O)OC(C)(C)C)n1c(NC(=O)c2cccc(C(=O)O)c2)nc2cccc(-c3cn(C)nn3)c21. The van der Waals surface area contributed by atoms with E-state index in [4.69, 9.17) is 9.72 Å². The van der Waals surface area contributed by atoms with E-state index < -0.39 is 23.6 Å². The van der Waals surface area contributed by atoms with Crippen LogP contribution in [-0.2, 0) is 11.8 Å². The van der Waals surface area contributed by atoms with Crippen LogP contribution < -0.4 is 10.6 Å². The number of hydrogen-bond donors (Lipinski definition) is 3. The molecule has 0 unspecified atom stereocenters. The molecular weight excluding hydrogens is 526 g/mol. The van der Waals surface area contributed by atoms with Crippen LogP contribution in [-0.4, -0.2) is 59.8 Å². The van der Waals surface area contributed by atoms with Crippen LogP contribution in [0.3, 0.4) is 0 Å². The molecule has 0 bridgehead atoms. The van der Waals surface area contributed by atoms with Gasteiger partial charge in [0, 0.05) is 30.8 Å². The van der Waals surface area contributed by atoms with Crippen molar-refractivity contribution in [3.63, 3.8) is 0 Å². The Kier molecular flexibility index (Phi) is 8.70. The summed E-state index contributed by atoms with van der Waals surface area (Å²) in [5.41, 5.74) is 2.61. The molecule has 0 saturated heterocycles. The second kappa shape index (κ2) is 12.2. The van der Waals surface area contributed by atoms with Crippen molar-refractivity contribution in [2.45, 2.75) is 58.6 Å². The van der Waals surface area contributed by atoms with Gasteiger partial charge in [-0.05, 0) is 71.2 Å². The lowest BCUT2D eigenvalue weighted by molar-refractivity contribution is 0.0526. The molecule has 12 heteroatoms. The Morgan fingerprint density at radius 1 is 1.07 bits per heavy atom. The van der Waals surface area contributed by atoms with Crippen molar-refractivity contribution in [1.29, 1.82) is 0 Å². The molecule has 0 aliphatic heterocycles. The Balaban J connectivity index is 1.60. The number of benzene rings is 2. The lowest BCUT2D eigenvalue weighted by Crippen LogP contribution is -2.33. The number of aryl methyl sites for hydroxylation is 1. The fourth-order valence-electron chi connectivity index (χ4n) is 4.51. The monoisotopic (exact) mass is 561 g/mol. The number of aromatic carboxylic acids is 1. The van der Waals surface area contributed by atoms with Gasteiger partial charge in [0.1, 0.15) is 11.3 Å². The van der Waals surface area contributed by atoms with Crippen molar-refractivity contribution >= 4 is 35.0 Å². The highest BCUT2D eigenvalue weighted by atomic mass is 16.6. The topological polar surface area (TPSA) is 153 Å². The summed E-state index contributed by atoms with van der Waals surface area (Å²) in [6, 6.07) is 11.4. The number of alkyl carbamates (subject to hydrolysis) is 1. The number of ether oxygens (including phenoxy) is 1. The molecule has 2 heterocycles. The van der Waals surface area contributed by atoms with Crippen molar-refractivity contribution < 1.29 is 24.2 Å². The molecular formula is C29H35N7O5. The first-order valence-corrected chi connectivity index (χ1v) is 13.4. The summed E-state index contributed by atoms with van der Waals surface area (Å²) in [5.74, 6) is -1.25. The minimum atomic E-state index is -1.12. The first-order chi connectivity index (χ1) is 19.4. The van der Waals surface area contributed by atoms with Crippen LogP contribution in [0.2, 0.25) is 0 Å². The average Bonchev–Trinajstić information content (AvgIpc) is 3.50. The van der Waals surface area contributed by atoms with E-state index in [0.717, 1.165) is 30.3 Å². The third-order valence-electron chi connectivity index (χ3n) is 6.34. The molecule has 0 saturated carbocycles. The molecule has 12 nitrogen and oxygen atoms in total. The summed E-state index contributed by atoms with van der Waals surface area (Å²) in [7, 11) is 1.79. The second-order valence-electron chi connectivity index (χ2n) is 10.9. The molecule has 0 aliphatic rings. The van der Waals surface area contributed by atoms with E-state index in [1.165, 1.54) is 18.2 Å². The van der Waals surface area contributed by atoms with E-state index in [1.54, 1.807) is 17.8 Å². The van der Waals surface area contributed by atoms with Gasteiger partial charge in [0.05, 0.1) is 22.8 Å². The van der Waals surface area contributed by atoms with Crippen LogP contribution in [0.25, 0.3) is 22.3 Å². The number of rotatable bonds is 10. The summed E-state index contributed by atoms with van der Waals surface area (Å²) < 4.78 is 8.88. The van der Waals surface area contributed by atoms with Crippen LogP contribution in [0, 0.1) is 0 Å². The summed E-state index contributed by atoms with van der Waals surface area (Å²) >= 11 is 0. The van der Waals surface area contributed by atoms with Crippen LogP contribution in [0.4, 0.5) is 10.7 Å². The first kappa shape index (κ1) is 29.2. The second-order valence-corrected chi connectivity index (χ2v) is 10.9. The molecule has 216 valence electrons. The minimum Gasteiger partial charge on any atom is -0.478 e. The summed E-state index contributed by atoms with van der Waals surface area (Å²) in [6.45, 7) is 7.96. The maximum atomic E-state index is 13.2. The maximum absolute atomic E-state index is 13.2. The maximum Gasteiger partial charge on any atom is 0.407 e. The van der Waals surface area contributed by atoms with E-state index in [9.17, 15) is 19.5 Å². The van der Waals surface area contributed by atoms with E-state index in [1.807, 2.05) is 56.7 Å². The summed E-state index contributed by atoms with van der Waals surface area (Å²) in [5, 5.41) is 23.4. The smallest absolute Gasteiger partial charge is 0.407 e. The van der Waals surface area contributed by atoms with Gasteiger partial charge >= 0.3 is 12.1 Å². The van der Waals surface area contributed by atoms with Crippen LogP contribution in [0.15, 0.2) is 48.7 Å². The molecule has 0 spiro atoms. The zero-order valence-electron chi connectivity index (χ0n) is 23.8. The number of aromatic nitrogens is 5. The number of carbonyl (C=O) groups excluding carboxylic acids is 2. The number of nitrogens with one attached hydrogen (secondary N) is 2. The van der Waals surface area contributed by atoms with Gasteiger partial charge in [-0.2, -0.15) is 0 Å². The Morgan fingerprint density at radius 3 is 2.49 bits per heavy atom. The number of amides is 2. The van der Waals surface area contributed by atoms with Gasteiger partial charge < -0.3 is 19.7 Å². The van der Waals surface area contributed by atoms with E-state index >= 15 is 0 Å². The molecule has 2 aromatic carbocycles. The van der Waals surface area contributed by atoms with Crippen LogP contribution in [0.5, 0.6) is 0 Å². The van der Waals surface area contributed by atoms with Crippen LogP contribution >= 0.6 is 0 Å². The molecule has 1 atom stereocenters. The number of imidazole rings is 1. The van der Waals surface area contributed by atoms with Crippen molar-refractivity contribution in [2.75, 3.05) is 11.9 Å². The molecule has 4 rings (SSSR count). The zero-order chi connectivity index (χ0) is 29.7. The van der Waals surface area contributed by atoms with Gasteiger partial charge in [-0.25, -0.2) is 14.6 Å². The van der Waals surface area contributed by atoms with Gasteiger partial charge in [0.2, 0.25) is 5.95 Å². The van der Waals surface area contributed by atoms with Gasteiger partial charge in [0.15, 0.2) is 0 Å². The average molecular weight is 562 g/mol. The van der Waals surface area contributed by atoms with E-state index in [-0.39, 0.29) is 17.2 Å². The Morgan fingerprint density at radius 2 is 1.80 bits per heavy atom. The van der Waals surface area contributed by atoms with Crippen molar-refractivity contribution in [2.24, 2.45) is 7.05 Å². The predicted octanol–water partition coefficient (Wildman–Crippen LogP) is 5.04. The van der Waals surface area contributed by atoms with Gasteiger partial charge in [-0.1, -0.05) is 23.4 Å². The van der Waals surface area contributed by atoms with Crippen molar-refractivity contribution in [1.82, 2.24) is 29.9 Å². The Labute approximate surface area is 237 Å². The highest BCUT2D eigenvalue weighted by Crippen LogP contribution is 2.34. The number of carbonyl (C=O) groups is 3. The number of anilines is 1. The number of carboxylic acid groups (broad SMARTS) is 1. The van der Waals surface area contributed by atoms with E-state index in [0.29, 0.717) is 23.7 Å². The van der Waals surface area contributed by atoms with Crippen molar-refractivity contribution in [3.05, 3.63) is 59.8 Å². The fraction of sp³-hybridized carbons (Fsp3) is 0.379. The first-order valence-electron chi connectivity index (χ1n) is 13.4. The lowest BCUT2D eigenvalue weighted by Gasteiger charge is -2.20. The quantitative estimate of drug-likeness (QED) is 0.228. The number of carboxylic acids is 1. The largest absolute Gasteiger partial charge is 0.478 e. The van der Waals surface area contributed by atoms with Crippen LogP contribution in [0.1, 0.15) is 73.7 Å². The highest BCUT2D eigenvalue weighted by Gasteiger charge is 2.22. The number of fused-ring (bicyclic) bond motifs is 1. The van der Waals surface area contributed by atoms with Gasteiger partial charge in [0.25, 0.3) is 5.91 Å². The van der Waals surface area contributed by atoms with Gasteiger partial charge in [-0.3, -0.25) is 14.8 Å². The molecule has 0 fully saturated rings. The number of nitrogens with zero attached hydrogens (tertiary/aromatic N) is 5. The third-order valence-corrected chi connectivity index (χ3v) is 6.34. The highest BCUT2D eigenvalue weighted by molar-refractivity contribution is 6.06. The molecule has 41 heavy (non-hydrogen) atoms. The Bertz CT molecular complexity index is 1570. The standard InChI is InChI=1S/C29H35N7O5/c1-18(10-6-7-15-30-28(40)41-29(2,3)4)36-24-21(23-17-35(5)34-33-23)13-9-14-22(24)31-27(36)32-25(37)19-11-8-12-20(16-19)26(38)39/h8-9,11-14,16-18H,6-7,10,15H2,1-5H3,(H,30,40)(H,38,39)(H,31,32,37)/t18-/m1/s1. The third kappa shape index (κ3) is 7.27. The Hall–Kier alpha value is -4.74. The van der Waals surface area contributed by atoms with Gasteiger partial charge in [-0.15, -0.1) is 5.10 Å². The molecule has 0 aliphatic carbocycles. The predicted molar refractivity (Wildman–Crippen MR) is 154 cm³/mol. The number of para-hydroxylation sites is 1.